The molecule has 0 spiro atoms. The van der Waals surface area contributed by atoms with Crippen molar-refractivity contribution in [1.29, 1.82) is 0 Å². The van der Waals surface area contributed by atoms with Crippen LogP contribution in [0.25, 0.3) is 0 Å². The van der Waals surface area contributed by atoms with E-state index in [2.05, 4.69) is 0 Å². The van der Waals surface area contributed by atoms with Crippen LogP contribution in [-0.4, -0.2) is 41.4 Å². The molecule has 1 saturated heterocycles. The van der Waals surface area contributed by atoms with E-state index in [-0.39, 0.29) is 55.9 Å². The number of aliphatic hydroxyl groups excluding tert-OH is 1. The summed E-state index contributed by atoms with van der Waals surface area (Å²) in [5.74, 6) is -2.29. The standard InChI is InChI=1S/C22H23F2NO3/c1-14-2-7-18(21(24)10-14)20-13-25(8-9-26)22(28)19(20)12-17(27)11-15-3-5-16(23)6-4-15/h2-7,10,19-20,26H,8-9,11-13H2,1H3/t19-,20-/m0/s1. The molecule has 6 heteroatoms. The van der Waals surface area contributed by atoms with Gasteiger partial charge < -0.3 is 10.0 Å². The largest absolute Gasteiger partial charge is 0.395 e. The van der Waals surface area contributed by atoms with Crippen molar-refractivity contribution in [3.63, 3.8) is 0 Å². The minimum atomic E-state index is -0.670. The highest BCUT2D eigenvalue weighted by Crippen LogP contribution is 2.37. The molecule has 3 rings (SSSR count). The van der Waals surface area contributed by atoms with E-state index in [0.717, 1.165) is 5.56 Å². The maximum atomic E-state index is 14.5. The zero-order valence-electron chi connectivity index (χ0n) is 15.7. The van der Waals surface area contributed by atoms with Gasteiger partial charge in [0.15, 0.2) is 0 Å². The number of ketones is 1. The van der Waals surface area contributed by atoms with Crippen molar-refractivity contribution in [3.8, 4) is 0 Å². The Balaban J connectivity index is 1.80. The molecule has 2 aromatic rings. The number of aryl methyl sites for hydroxylation is 1. The highest BCUT2D eigenvalue weighted by atomic mass is 19.1. The molecule has 0 aromatic heterocycles. The summed E-state index contributed by atoms with van der Waals surface area (Å²) in [4.78, 5) is 26.8. The number of aliphatic hydroxyl groups is 1. The summed E-state index contributed by atoms with van der Waals surface area (Å²) in [5, 5.41) is 9.21. The molecule has 1 aliphatic rings. The first-order valence-electron chi connectivity index (χ1n) is 9.31. The number of likely N-dealkylation sites (tertiary alicyclic amines) is 1. The fourth-order valence-electron chi connectivity index (χ4n) is 3.81. The lowest BCUT2D eigenvalue weighted by Gasteiger charge is -2.17. The van der Waals surface area contributed by atoms with E-state index in [1.807, 2.05) is 0 Å². The van der Waals surface area contributed by atoms with Crippen molar-refractivity contribution in [2.45, 2.75) is 25.7 Å². The Labute approximate surface area is 162 Å². The summed E-state index contributed by atoms with van der Waals surface area (Å²) in [6.45, 7) is 2.03. The first kappa shape index (κ1) is 20.1. The number of rotatable bonds is 7. The molecule has 0 bridgehead atoms. The van der Waals surface area contributed by atoms with Gasteiger partial charge in [-0.2, -0.15) is 0 Å². The Kier molecular flexibility index (Phi) is 6.19. The lowest BCUT2D eigenvalue weighted by atomic mass is 9.84. The summed E-state index contributed by atoms with van der Waals surface area (Å²) in [6.07, 6.45) is 0.0727. The van der Waals surface area contributed by atoms with Gasteiger partial charge in [0.1, 0.15) is 17.4 Å². The number of carbonyl (C=O) groups excluding carboxylic acids is 2. The number of carbonyl (C=O) groups is 2. The molecular weight excluding hydrogens is 364 g/mol. The Morgan fingerprint density at radius 3 is 2.54 bits per heavy atom. The van der Waals surface area contributed by atoms with E-state index in [1.54, 1.807) is 31.2 Å². The molecule has 1 heterocycles. The van der Waals surface area contributed by atoms with Gasteiger partial charge in [-0.3, -0.25) is 9.59 Å². The van der Waals surface area contributed by atoms with Crippen LogP contribution in [0.15, 0.2) is 42.5 Å². The molecular formula is C22H23F2NO3. The number of hydrogen-bond acceptors (Lipinski definition) is 3. The number of hydrogen-bond donors (Lipinski definition) is 1. The van der Waals surface area contributed by atoms with Crippen LogP contribution in [0.1, 0.15) is 29.0 Å². The summed E-state index contributed by atoms with van der Waals surface area (Å²) >= 11 is 0. The van der Waals surface area contributed by atoms with Gasteiger partial charge in [-0.05, 0) is 41.8 Å². The predicted molar refractivity (Wildman–Crippen MR) is 101 cm³/mol. The number of benzene rings is 2. The number of halogens is 2. The van der Waals surface area contributed by atoms with Gasteiger partial charge in [0.05, 0.1) is 12.5 Å². The lowest BCUT2D eigenvalue weighted by molar-refractivity contribution is -0.134. The first-order chi connectivity index (χ1) is 13.4. The van der Waals surface area contributed by atoms with E-state index in [9.17, 15) is 23.5 Å². The average molecular weight is 387 g/mol. The van der Waals surface area contributed by atoms with Crippen LogP contribution in [-0.2, 0) is 16.0 Å². The number of nitrogens with zero attached hydrogens (tertiary/aromatic N) is 1. The lowest BCUT2D eigenvalue weighted by Crippen LogP contribution is -2.30. The second-order valence-electron chi connectivity index (χ2n) is 7.29. The molecule has 0 unspecified atom stereocenters. The minimum Gasteiger partial charge on any atom is -0.395 e. The van der Waals surface area contributed by atoms with Crippen LogP contribution < -0.4 is 0 Å². The topological polar surface area (TPSA) is 57.6 Å². The van der Waals surface area contributed by atoms with Gasteiger partial charge in [-0.1, -0.05) is 24.3 Å². The van der Waals surface area contributed by atoms with Gasteiger partial charge in [0, 0.05) is 31.8 Å². The second-order valence-corrected chi connectivity index (χ2v) is 7.29. The van der Waals surface area contributed by atoms with Crippen LogP contribution >= 0.6 is 0 Å². The maximum Gasteiger partial charge on any atom is 0.226 e. The highest BCUT2D eigenvalue weighted by molar-refractivity contribution is 5.90. The molecule has 28 heavy (non-hydrogen) atoms. The van der Waals surface area contributed by atoms with Crippen LogP contribution in [0.4, 0.5) is 8.78 Å². The molecule has 0 aliphatic carbocycles. The number of β-amino-alcohol motifs (C(OH)–C–C–N with tert-alkyl or cyclic N) is 1. The smallest absolute Gasteiger partial charge is 0.226 e. The molecule has 0 radical (unpaired) electrons. The van der Waals surface area contributed by atoms with Crippen molar-refractivity contribution in [2.75, 3.05) is 19.7 Å². The predicted octanol–water partition coefficient (Wildman–Crippen LogP) is 3.01. The third kappa shape index (κ3) is 4.44. The van der Waals surface area contributed by atoms with E-state index in [4.69, 9.17) is 0 Å². The average Bonchev–Trinajstić information content (AvgIpc) is 2.93. The van der Waals surface area contributed by atoms with Gasteiger partial charge >= 0.3 is 0 Å². The summed E-state index contributed by atoms with van der Waals surface area (Å²) in [6, 6.07) is 10.5. The van der Waals surface area contributed by atoms with Crippen LogP contribution in [0.5, 0.6) is 0 Å². The number of amides is 1. The molecule has 2 aromatic carbocycles. The Morgan fingerprint density at radius 2 is 1.89 bits per heavy atom. The van der Waals surface area contributed by atoms with Gasteiger partial charge in [-0.25, -0.2) is 8.78 Å². The van der Waals surface area contributed by atoms with Crippen molar-refractivity contribution < 1.29 is 23.5 Å². The Bertz CT molecular complexity index is 867. The second kappa shape index (κ2) is 8.61. The van der Waals surface area contributed by atoms with Crippen molar-refractivity contribution in [1.82, 2.24) is 4.90 Å². The van der Waals surface area contributed by atoms with Crippen LogP contribution in [0.3, 0.4) is 0 Å². The van der Waals surface area contributed by atoms with Crippen LogP contribution in [0.2, 0.25) is 0 Å². The van der Waals surface area contributed by atoms with Crippen LogP contribution in [0, 0.1) is 24.5 Å². The zero-order valence-corrected chi connectivity index (χ0v) is 15.7. The van der Waals surface area contributed by atoms with Gasteiger partial charge in [0.2, 0.25) is 5.91 Å². The summed E-state index contributed by atoms with van der Waals surface area (Å²) in [7, 11) is 0. The SMILES string of the molecule is Cc1ccc([C@@H]2CN(CCO)C(=O)[C@H]2CC(=O)Cc2ccc(F)cc2)c(F)c1. The molecule has 0 saturated carbocycles. The molecule has 4 nitrogen and oxygen atoms in total. The normalized spacial score (nSPS) is 19.3. The zero-order chi connectivity index (χ0) is 20.3. The Morgan fingerprint density at radius 1 is 1.18 bits per heavy atom. The van der Waals surface area contributed by atoms with E-state index >= 15 is 0 Å². The molecule has 2 atom stereocenters. The fraction of sp³-hybridized carbons (Fsp3) is 0.364. The quantitative estimate of drug-likeness (QED) is 0.795. The van der Waals surface area contributed by atoms with E-state index in [0.29, 0.717) is 11.1 Å². The molecule has 148 valence electrons. The van der Waals surface area contributed by atoms with E-state index < -0.39 is 11.8 Å². The molecule has 1 aliphatic heterocycles. The van der Waals surface area contributed by atoms with Crippen molar-refractivity contribution >= 4 is 11.7 Å². The molecule has 1 N–H and O–H groups in total. The monoisotopic (exact) mass is 387 g/mol. The fourth-order valence-corrected chi connectivity index (χ4v) is 3.81. The third-order valence-electron chi connectivity index (χ3n) is 5.22. The summed E-state index contributed by atoms with van der Waals surface area (Å²) < 4.78 is 27.6. The van der Waals surface area contributed by atoms with Gasteiger partial charge in [0.25, 0.3) is 0 Å². The van der Waals surface area contributed by atoms with Crippen molar-refractivity contribution in [3.05, 3.63) is 70.8 Å². The third-order valence-corrected chi connectivity index (χ3v) is 5.22. The minimum absolute atomic E-state index is 0.0177. The molecule has 1 amide bonds. The Hall–Kier alpha value is -2.60. The highest BCUT2D eigenvalue weighted by Gasteiger charge is 2.42. The van der Waals surface area contributed by atoms with Gasteiger partial charge in [-0.15, -0.1) is 0 Å². The van der Waals surface area contributed by atoms with E-state index in [1.165, 1.54) is 23.1 Å². The molecule has 1 fully saturated rings. The van der Waals surface area contributed by atoms with Crippen molar-refractivity contribution in [2.24, 2.45) is 5.92 Å². The maximum absolute atomic E-state index is 14.5. The first-order valence-corrected chi connectivity index (χ1v) is 9.31. The number of Topliss-reactive ketones (excluding diaryl/α,β-unsaturated/α-hetero) is 1. The summed E-state index contributed by atoms with van der Waals surface area (Å²) in [5.41, 5.74) is 1.86.